The van der Waals surface area contributed by atoms with Crippen molar-refractivity contribution in [3.05, 3.63) is 35.9 Å². The van der Waals surface area contributed by atoms with Gasteiger partial charge < -0.3 is 9.64 Å². The van der Waals surface area contributed by atoms with Crippen LogP contribution in [0.2, 0.25) is 0 Å². The fourth-order valence-corrected chi connectivity index (χ4v) is 4.32. The van der Waals surface area contributed by atoms with Gasteiger partial charge in [-0.2, -0.15) is 11.8 Å². The summed E-state index contributed by atoms with van der Waals surface area (Å²) in [5, 5.41) is 0.176. The van der Waals surface area contributed by atoms with Crippen molar-refractivity contribution >= 4 is 23.6 Å². The number of hydrogen-bond acceptors (Lipinski definition) is 4. The van der Waals surface area contributed by atoms with Crippen LogP contribution in [-0.2, 0) is 20.9 Å². The molecule has 2 aliphatic heterocycles. The lowest BCUT2D eigenvalue weighted by Crippen LogP contribution is -2.55. The first-order valence-corrected chi connectivity index (χ1v) is 8.39. The molecule has 21 heavy (non-hydrogen) atoms. The van der Waals surface area contributed by atoms with Gasteiger partial charge in [0.2, 0.25) is 5.91 Å². The zero-order valence-electron chi connectivity index (χ0n) is 12.0. The summed E-state index contributed by atoms with van der Waals surface area (Å²) in [5.41, 5.74) is 0.968. The number of nitrogens with zero attached hydrogens (tertiary/aromatic N) is 1. The van der Waals surface area contributed by atoms with E-state index in [1.54, 1.807) is 16.7 Å². The van der Waals surface area contributed by atoms with Crippen molar-refractivity contribution in [1.29, 1.82) is 0 Å². The van der Waals surface area contributed by atoms with Gasteiger partial charge in [-0.05, 0) is 17.7 Å². The Morgan fingerprint density at radius 2 is 2.14 bits per heavy atom. The van der Waals surface area contributed by atoms with Gasteiger partial charge in [-0.25, -0.2) is 4.79 Å². The highest BCUT2D eigenvalue weighted by molar-refractivity contribution is 7.99. The summed E-state index contributed by atoms with van der Waals surface area (Å²) in [6.07, 6.45) is 1.50. The molecule has 3 rings (SSSR count). The predicted molar refractivity (Wildman–Crippen MR) is 81.8 cm³/mol. The molecule has 2 saturated heterocycles. The van der Waals surface area contributed by atoms with Gasteiger partial charge in [0, 0.05) is 17.7 Å². The minimum atomic E-state index is -0.398. The van der Waals surface area contributed by atoms with Gasteiger partial charge in [-0.15, -0.1) is 0 Å². The number of thioether (sulfide) groups is 1. The molecule has 0 aromatic heterocycles. The Morgan fingerprint density at radius 1 is 1.38 bits per heavy atom. The third kappa shape index (κ3) is 2.79. The highest BCUT2D eigenvalue weighted by Gasteiger charge is 2.54. The largest absolute Gasteiger partial charge is 0.459 e. The van der Waals surface area contributed by atoms with E-state index in [-0.39, 0.29) is 29.8 Å². The molecule has 0 spiro atoms. The van der Waals surface area contributed by atoms with Crippen LogP contribution in [0.25, 0.3) is 0 Å². The van der Waals surface area contributed by atoms with Gasteiger partial charge in [0.15, 0.2) is 0 Å². The van der Waals surface area contributed by atoms with Crippen LogP contribution < -0.4 is 0 Å². The summed E-state index contributed by atoms with van der Waals surface area (Å²) in [4.78, 5) is 25.9. The lowest BCUT2D eigenvalue weighted by atomic mass is 10.0. The Morgan fingerprint density at radius 3 is 2.81 bits per heavy atom. The lowest BCUT2D eigenvalue weighted by Gasteiger charge is -2.37. The number of benzene rings is 1. The predicted octanol–water partition coefficient (Wildman–Crippen LogP) is 2.22. The third-order valence-corrected chi connectivity index (χ3v) is 5.31. The van der Waals surface area contributed by atoms with Crippen LogP contribution in [0.5, 0.6) is 0 Å². The number of amides is 1. The summed E-state index contributed by atoms with van der Waals surface area (Å²) in [6, 6.07) is 9.47. The van der Waals surface area contributed by atoms with Crippen LogP contribution >= 0.6 is 11.8 Å². The molecule has 2 aliphatic rings. The first kappa shape index (κ1) is 14.4. The van der Waals surface area contributed by atoms with E-state index in [2.05, 4.69) is 6.92 Å². The summed E-state index contributed by atoms with van der Waals surface area (Å²) in [7, 11) is 0. The average Bonchev–Trinajstić information content (AvgIpc) is 2.79. The molecule has 0 N–H and O–H groups in total. The van der Waals surface area contributed by atoms with E-state index >= 15 is 0 Å². The molecule has 0 aliphatic carbocycles. The molecule has 112 valence electrons. The molecule has 0 saturated carbocycles. The number of rotatable bonds is 5. The fraction of sp³-hybridized carbons (Fsp3) is 0.500. The van der Waals surface area contributed by atoms with Gasteiger partial charge >= 0.3 is 5.97 Å². The fourth-order valence-electron chi connectivity index (χ4n) is 3.10. The van der Waals surface area contributed by atoms with Crippen molar-refractivity contribution in [3.8, 4) is 0 Å². The Labute approximate surface area is 128 Å². The molecule has 1 aromatic carbocycles. The Balaban J connectivity index is 1.65. The minimum absolute atomic E-state index is 0.0841. The van der Waals surface area contributed by atoms with Gasteiger partial charge in [-0.1, -0.05) is 37.3 Å². The number of β-lactam (4-membered cyclic amide) rings is 1. The summed E-state index contributed by atoms with van der Waals surface area (Å²) in [6.45, 7) is 2.35. The lowest BCUT2D eigenvalue weighted by molar-refractivity contribution is -0.161. The molecule has 1 amide bonds. The molecule has 3 unspecified atom stereocenters. The normalized spacial score (nSPS) is 27.2. The first-order valence-electron chi connectivity index (χ1n) is 7.34. The second kappa shape index (κ2) is 6.10. The van der Waals surface area contributed by atoms with Gasteiger partial charge in [-0.3, -0.25) is 4.79 Å². The van der Waals surface area contributed by atoms with Crippen LogP contribution in [0.15, 0.2) is 30.3 Å². The second-order valence-electron chi connectivity index (χ2n) is 5.43. The van der Waals surface area contributed by atoms with E-state index < -0.39 is 6.04 Å². The number of esters is 1. The Kier molecular flexibility index (Phi) is 4.19. The van der Waals surface area contributed by atoms with Crippen LogP contribution in [0, 0.1) is 0 Å². The zero-order chi connectivity index (χ0) is 14.8. The van der Waals surface area contributed by atoms with Crippen molar-refractivity contribution in [2.24, 2.45) is 0 Å². The van der Waals surface area contributed by atoms with E-state index in [0.29, 0.717) is 6.42 Å². The SMILES string of the molecule is CCSC1CC2CC(=O)N2C1C(=O)OCc1ccccc1. The maximum Gasteiger partial charge on any atom is 0.330 e. The minimum Gasteiger partial charge on any atom is -0.459 e. The molecular formula is C16H19NO3S. The number of fused-ring (bicyclic) bond motifs is 1. The van der Waals surface area contributed by atoms with E-state index in [1.165, 1.54) is 0 Å². The smallest absolute Gasteiger partial charge is 0.330 e. The summed E-state index contributed by atoms with van der Waals surface area (Å²) >= 11 is 1.75. The molecular weight excluding hydrogens is 286 g/mol. The molecule has 3 atom stereocenters. The van der Waals surface area contributed by atoms with Crippen LogP contribution in [0.1, 0.15) is 25.3 Å². The highest BCUT2D eigenvalue weighted by Crippen LogP contribution is 2.41. The molecule has 1 aromatic rings. The second-order valence-corrected chi connectivity index (χ2v) is 6.94. The summed E-state index contributed by atoms with van der Waals surface area (Å²) < 4.78 is 5.44. The van der Waals surface area contributed by atoms with E-state index in [1.807, 2.05) is 30.3 Å². The molecule has 2 fully saturated rings. The number of hydrogen-bond donors (Lipinski definition) is 0. The number of ether oxygens (including phenoxy) is 1. The van der Waals surface area contributed by atoms with Crippen molar-refractivity contribution < 1.29 is 14.3 Å². The van der Waals surface area contributed by atoms with Gasteiger partial charge in [0.05, 0.1) is 0 Å². The Bertz CT molecular complexity index is 534. The maximum absolute atomic E-state index is 12.4. The molecule has 2 heterocycles. The topological polar surface area (TPSA) is 46.6 Å². The van der Waals surface area contributed by atoms with E-state index in [9.17, 15) is 9.59 Å². The van der Waals surface area contributed by atoms with Crippen molar-refractivity contribution in [2.45, 2.75) is 43.7 Å². The van der Waals surface area contributed by atoms with E-state index in [0.717, 1.165) is 17.7 Å². The van der Waals surface area contributed by atoms with Crippen molar-refractivity contribution in [2.75, 3.05) is 5.75 Å². The third-order valence-electron chi connectivity index (χ3n) is 4.09. The van der Waals surface area contributed by atoms with E-state index in [4.69, 9.17) is 4.74 Å². The van der Waals surface area contributed by atoms with Crippen LogP contribution in [0.3, 0.4) is 0 Å². The molecule has 0 radical (unpaired) electrons. The number of carbonyl (C=O) groups is 2. The Hall–Kier alpha value is -1.49. The standard InChI is InChI=1S/C16H19NO3S/c1-2-21-13-8-12-9-14(18)17(12)15(13)16(19)20-10-11-6-4-3-5-7-11/h3-7,12-13,15H,2,8-10H2,1H3. The molecule has 0 bridgehead atoms. The first-order chi connectivity index (χ1) is 10.2. The van der Waals surface area contributed by atoms with Gasteiger partial charge in [0.25, 0.3) is 0 Å². The molecule has 4 nitrogen and oxygen atoms in total. The van der Waals surface area contributed by atoms with Crippen LogP contribution in [0.4, 0.5) is 0 Å². The summed E-state index contributed by atoms with van der Waals surface area (Å²) in [5.74, 6) is 0.767. The monoisotopic (exact) mass is 305 g/mol. The number of carbonyl (C=O) groups excluding carboxylic acids is 2. The van der Waals surface area contributed by atoms with Crippen molar-refractivity contribution in [3.63, 3.8) is 0 Å². The van der Waals surface area contributed by atoms with Gasteiger partial charge in [0.1, 0.15) is 12.6 Å². The maximum atomic E-state index is 12.4. The van der Waals surface area contributed by atoms with Crippen LogP contribution in [-0.4, -0.2) is 39.9 Å². The highest BCUT2D eigenvalue weighted by atomic mass is 32.2. The molecule has 5 heteroatoms. The quantitative estimate of drug-likeness (QED) is 0.618. The zero-order valence-corrected chi connectivity index (χ0v) is 12.8. The van der Waals surface area contributed by atoms with Crippen molar-refractivity contribution in [1.82, 2.24) is 4.90 Å². The average molecular weight is 305 g/mol.